The molecule has 0 radical (unpaired) electrons. The summed E-state index contributed by atoms with van der Waals surface area (Å²) >= 11 is 0. The summed E-state index contributed by atoms with van der Waals surface area (Å²) in [5, 5.41) is 13.0. The zero-order valence-corrected chi connectivity index (χ0v) is 17.0. The Morgan fingerprint density at radius 2 is 2.03 bits per heavy atom. The molecule has 31 heavy (non-hydrogen) atoms. The van der Waals surface area contributed by atoms with Crippen molar-refractivity contribution < 1.29 is 18.7 Å². The van der Waals surface area contributed by atoms with Gasteiger partial charge in [0.25, 0.3) is 0 Å². The molecule has 0 unspecified atom stereocenters. The first-order chi connectivity index (χ1) is 15.1. The van der Waals surface area contributed by atoms with Crippen LogP contribution in [0, 0.1) is 18.3 Å². The average molecular weight is 413 g/mol. The van der Waals surface area contributed by atoms with E-state index in [2.05, 4.69) is 10.3 Å². The van der Waals surface area contributed by atoms with Crippen LogP contribution < -0.4 is 14.8 Å². The van der Waals surface area contributed by atoms with Gasteiger partial charge in [0, 0.05) is 28.9 Å². The highest BCUT2D eigenvalue weighted by molar-refractivity contribution is 5.96. The number of pyridine rings is 1. The van der Waals surface area contributed by atoms with Crippen LogP contribution >= 0.6 is 0 Å². The third-order valence-electron chi connectivity index (χ3n) is 4.79. The van der Waals surface area contributed by atoms with Crippen LogP contribution in [0.4, 0.5) is 5.69 Å². The molecule has 0 atom stereocenters. The van der Waals surface area contributed by atoms with Gasteiger partial charge < -0.3 is 19.2 Å². The summed E-state index contributed by atoms with van der Waals surface area (Å²) in [5.41, 5.74) is 3.32. The van der Waals surface area contributed by atoms with Gasteiger partial charge in [-0.3, -0.25) is 4.79 Å². The highest BCUT2D eigenvalue weighted by atomic mass is 16.5. The zero-order chi connectivity index (χ0) is 21.8. The quantitative estimate of drug-likeness (QED) is 0.478. The Morgan fingerprint density at radius 1 is 1.19 bits per heavy atom. The van der Waals surface area contributed by atoms with Crippen molar-refractivity contribution in [1.29, 1.82) is 5.26 Å². The molecule has 1 N–H and O–H groups in total. The highest BCUT2D eigenvalue weighted by Gasteiger charge is 2.13. The van der Waals surface area contributed by atoms with E-state index in [9.17, 15) is 4.79 Å². The molecule has 0 aliphatic carbocycles. The number of fused-ring (bicyclic) bond motifs is 1. The fourth-order valence-electron chi connectivity index (χ4n) is 3.20. The SMILES string of the molecule is COc1ccc2c(CC(=O)Nc3ccc(Oc4ncccc4C#N)cc3C)coc2c1. The van der Waals surface area contributed by atoms with Crippen molar-refractivity contribution in [3.05, 3.63) is 77.7 Å². The van der Waals surface area contributed by atoms with Gasteiger partial charge >= 0.3 is 0 Å². The maximum atomic E-state index is 12.6. The Kier molecular flexibility index (Phi) is 5.54. The average Bonchev–Trinajstić information content (AvgIpc) is 3.17. The van der Waals surface area contributed by atoms with Gasteiger partial charge in [-0.1, -0.05) is 0 Å². The fourth-order valence-corrected chi connectivity index (χ4v) is 3.20. The van der Waals surface area contributed by atoms with Crippen LogP contribution in [0.25, 0.3) is 11.0 Å². The Balaban J connectivity index is 1.46. The molecule has 0 fully saturated rings. The van der Waals surface area contributed by atoms with Gasteiger partial charge in [-0.05, 0) is 55.0 Å². The third kappa shape index (κ3) is 4.33. The first-order valence-electron chi connectivity index (χ1n) is 9.55. The number of hydrogen-bond acceptors (Lipinski definition) is 6. The van der Waals surface area contributed by atoms with E-state index < -0.39 is 0 Å². The topological polar surface area (TPSA) is 97.4 Å². The predicted molar refractivity (Wildman–Crippen MR) is 115 cm³/mol. The molecule has 2 heterocycles. The van der Waals surface area contributed by atoms with E-state index in [1.165, 1.54) is 0 Å². The van der Waals surface area contributed by atoms with E-state index >= 15 is 0 Å². The van der Waals surface area contributed by atoms with Gasteiger partial charge in [-0.15, -0.1) is 0 Å². The van der Waals surface area contributed by atoms with E-state index in [0.29, 0.717) is 28.3 Å². The Labute approximate surface area is 178 Å². The Morgan fingerprint density at radius 3 is 2.81 bits per heavy atom. The van der Waals surface area contributed by atoms with E-state index in [1.807, 2.05) is 25.1 Å². The second-order valence-electron chi connectivity index (χ2n) is 6.89. The number of nitrogens with zero attached hydrogens (tertiary/aromatic N) is 2. The van der Waals surface area contributed by atoms with Gasteiger partial charge in [-0.25, -0.2) is 4.98 Å². The summed E-state index contributed by atoms with van der Waals surface area (Å²) in [6.45, 7) is 1.87. The molecule has 1 amide bonds. The molecule has 0 bridgehead atoms. The van der Waals surface area contributed by atoms with Gasteiger partial charge in [0.15, 0.2) is 0 Å². The minimum Gasteiger partial charge on any atom is -0.497 e. The van der Waals surface area contributed by atoms with Crippen molar-refractivity contribution in [1.82, 2.24) is 4.98 Å². The Bertz CT molecular complexity index is 1300. The monoisotopic (exact) mass is 413 g/mol. The zero-order valence-electron chi connectivity index (χ0n) is 17.0. The number of methoxy groups -OCH3 is 1. The molecule has 4 aromatic rings. The van der Waals surface area contributed by atoms with Gasteiger partial charge in [0.2, 0.25) is 11.8 Å². The van der Waals surface area contributed by atoms with E-state index in [-0.39, 0.29) is 18.2 Å². The number of ether oxygens (including phenoxy) is 2. The second-order valence-corrected chi connectivity index (χ2v) is 6.89. The summed E-state index contributed by atoms with van der Waals surface area (Å²) < 4.78 is 16.5. The lowest BCUT2D eigenvalue weighted by Crippen LogP contribution is -2.15. The predicted octanol–water partition coefficient (Wildman–Crippen LogP) is 4.99. The first kappa shape index (κ1) is 20.0. The van der Waals surface area contributed by atoms with Crippen LogP contribution in [-0.2, 0) is 11.2 Å². The van der Waals surface area contributed by atoms with E-state index in [1.54, 1.807) is 56.0 Å². The molecule has 4 rings (SSSR count). The number of aromatic nitrogens is 1. The van der Waals surface area contributed by atoms with E-state index in [0.717, 1.165) is 16.5 Å². The standard InChI is InChI=1S/C24H19N3O4/c1-15-10-19(31-24-16(13-25)4-3-9-26-24)6-8-21(15)27-23(28)11-17-14-30-22-12-18(29-2)5-7-20(17)22/h3-10,12,14H,11H2,1-2H3,(H,27,28). The second kappa shape index (κ2) is 8.59. The third-order valence-corrected chi connectivity index (χ3v) is 4.79. The molecule has 2 aromatic carbocycles. The Hall–Kier alpha value is -4.31. The normalized spacial score (nSPS) is 10.5. The number of carbonyl (C=O) groups is 1. The van der Waals surface area contributed by atoms with Gasteiger partial charge in [0.05, 0.1) is 19.8 Å². The summed E-state index contributed by atoms with van der Waals surface area (Å²) in [4.78, 5) is 16.7. The van der Waals surface area contributed by atoms with Crippen molar-refractivity contribution >= 4 is 22.6 Å². The summed E-state index contributed by atoms with van der Waals surface area (Å²) in [6.07, 6.45) is 3.33. The smallest absolute Gasteiger partial charge is 0.237 e. The maximum Gasteiger partial charge on any atom is 0.237 e. The van der Waals surface area contributed by atoms with Gasteiger partial charge in [-0.2, -0.15) is 5.26 Å². The van der Waals surface area contributed by atoms with Crippen LogP contribution in [-0.4, -0.2) is 18.0 Å². The van der Waals surface area contributed by atoms with Crippen molar-refractivity contribution in [3.8, 4) is 23.4 Å². The lowest BCUT2D eigenvalue weighted by atomic mass is 10.1. The number of benzene rings is 2. The number of carbonyl (C=O) groups excluding carboxylic acids is 1. The number of hydrogen-bond donors (Lipinski definition) is 1. The summed E-state index contributed by atoms with van der Waals surface area (Å²) in [7, 11) is 1.59. The molecular weight excluding hydrogens is 394 g/mol. The molecule has 0 aliphatic rings. The molecule has 7 heteroatoms. The fraction of sp³-hybridized carbons (Fsp3) is 0.125. The van der Waals surface area contributed by atoms with Crippen LogP contribution in [0.15, 0.2) is 65.4 Å². The number of amides is 1. The maximum absolute atomic E-state index is 12.6. The lowest BCUT2D eigenvalue weighted by molar-refractivity contribution is -0.115. The molecule has 0 saturated carbocycles. The van der Waals surface area contributed by atoms with Crippen molar-refractivity contribution in [2.75, 3.05) is 12.4 Å². The van der Waals surface area contributed by atoms with Crippen molar-refractivity contribution in [3.63, 3.8) is 0 Å². The largest absolute Gasteiger partial charge is 0.497 e. The van der Waals surface area contributed by atoms with Crippen LogP contribution in [0.2, 0.25) is 0 Å². The molecule has 0 spiro atoms. The highest BCUT2D eigenvalue weighted by Crippen LogP contribution is 2.28. The van der Waals surface area contributed by atoms with Crippen LogP contribution in [0.3, 0.4) is 0 Å². The summed E-state index contributed by atoms with van der Waals surface area (Å²) in [6, 6.07) is 16.1. The number of furan rings is 1. The van der Waals surface area contributed by atoms with Crippen molar-refractivity contribution in [2.24, 2.45) is 0 Å². The summed E-state index contributed by atoms with van der Waals surface area (Å²) in [5.74, 6) is 1.31. The molecule has 7 nitrogen and oxygen atoms in total. The molecule has 0 saturated heterocycles. The molecule has 154 valence electrons. The van der Waals surface area contributed by atoms with E-state index in [4.69, 9.17) is 19.2 Å². The first-order valence-corrected chi connectivity index (χ1v) is 9.55. The molecule has 2 aromatic heterocycles. The van der Waals surface area contributed by atoms with Gasteiger partial charge in [0.1, 0.15) is 28.7 Å². The van der Waals surface area contributed by atoms with Crippen LogP contribution in [0.1, 0.15) is 16.7 Å². The number of anilines is 1. The number of aryl methyl sites for hydroxylation is 1. The minimum atomic E-state index is -0.160. The van der Waals surface area contributed by atoms with Crippen LogP contribution in [0.5, 0.6) is 17.4 Å². The number of rotatable bonds is 6. The molecule has 0 aliphatic heterocycles. The number of nitrogens with one attached hydrogen (secondary N) is 1. The van der Waals surface area contributed by atoms with Crippen molar-refractivity contribution in [2.45, 2.75) is 13.3 Å². The number of nitriles is 1. The minimum absolute atomic E-state index is 0.160. The lowest BCUT2D eigenvalue weighted by Gasteiger charge is -2.11. The molecular formula is C24H19N3O4.